The lowest BCUT2D eigenvalue weighted by atomic mass is 10.1. The molecule has 0 saturated heterocycles. The zero-order valence-corrected chi connectivity index (χ0v) is 56.9. The molecule has 9 N–H and O–H groups in total. The highest BCUT2D eigenvalue weighted by Gasteiger charge is 2.29. The summed E-state index contributed by atoms with van der Waals surface area (Å²) in [6.45, 7) is 5.52. The maximum Gasteiger partial charge on any atom is 0.262 e. The van der Waals surface area contributed by atoms with Gasteiger partial charge in [0, 0.05) is 116 Å². The summed E-state index contributed by atoms with van der Waals surface area (Å²) in [5, 5.41) is 31.6. The molecule has 0 atom stereocenters. The Hall–Kier alpha value is -14.2. The van der Waals surface area contributed by atoms with Crippen molar-refractivity contribution < 1.29 is 46.2 Å². The van der Waals surface area contributed by atoms with Crippen molar-refractivity contribution in [2.75, 3.05) is 58.2 Å². The molecule has 0 aliphatic heterocycles. The van der Waals surface area contributed by atoms with Crippen LogP contribution in [0.3, 0.4) is 0 Å². The number of hydrogen-bond acceptors (Lipinski definition) is 20. The Bertz CT molecular complexity index is 5400. The molecule has 29 nitrogen and oxygen atoms in total. The van der Waals surface area contributed by atoms with Crippen molar-refractivity contribution in [3.05, 3.63) is 216 Å². The maximum absolute atomic E-state index is 15.2. The number of aromatic nitrogens is 16. The Morgan fingerprint density at radius 2 is 0.808 bits per heavy atom. The van der Waals surface area contributed by atoms with Crippen LogP contribution >= 0.6 is 0 Å². The van der Waals surface area contributed by atoms with Crippen LogP contribution in [0.2, 0.25) is 0 Å². The Kier molecular flexibility index (Phi) is 19.3. The molecule has 0 saturated carbocycles. The first-order valence-electron chi connectivity index (χ1n) is 31.8. The van der Waals surface area contributed by atoms with E-state index in [1.807, 2.05) is 69.3 Å². The molecule has 15 rings (SSSR count). The van der Waals surface area contributed by atoms with E-state index < -0.39 is 35.2 Å². The third kappa shape index (κ3) is 14.6. The van der Waals surface area contributed by atoms with Crippen molar-refractivity contribution in [1.82, 2.24) is 95.1 Å². The van der Waals surface area contributed by atoms with Crippen molar-refractivity contribution in [2.45, 2.75) is 20.8 Å². The minimum Gasteiger partial charge on any atom is -0.463 e. The van der Waals surface area contributed by atoms with E-state index in [1.54, 1.807) is 121 Å². The number of aromatic amines is 6. The molecule has 0 fully saturated rings. The van der Waals surface area contributed by atoms with Crippen LogP contribution in [0.1, 0.15) is 48.2 Å². The van der Waals surface area contributed by atoms with E-state index in [4.69, 9.17) is 18.6 Å². The predicted molar refractivity (Wildman–Crippen MR) is 381 cm³/mol. The second-order valence-corrected chi connectivity index (χ2v) is 23.9. The first kappa shape index (κ1) is 68.3. The largest absolute Gasteiger partial charge is 0.463 e. The van der Waals surface area contributed by atoms with Crippen molar-refractivity contribution in [3.8, 4) is 69.0 Å². The average molecular weight is 1410 g/mol. The van der Waals surface area contributed by atoms with Crippen LogP contribution in [-0.4, -0.2) is 155 Å². The molecule has 0 aliphatic carbocycles. The van der Waals surface area contributed by atoms with E-state index >= 15 is 13.2 Å². The molecule has 11 aromatic heterocycles. The van der Waals surface area contributed by atoms with Crippen LogP contribution in [0.5, 0.6) is 34.9 Å². The fraction of sp³-hybridized carbons (Fsp3) is 0.125. The first-order valence-corrected chi connectivity index (χ1v) is 31.8. The molecule has 4 aromatic carbocycles. The molecule has 0 spiro atoms. The number of hydrogen-bond donors (Lipinski definition) is 9. The number of furan rings is 1. The Balaban J connectivity index is 0.000000139. The van der Waals surface area contributed by atoms with Gasteiger partial charge < -0.3 is 64.2 Å². The van der Waals surface area contributed by atoms with Crippen molar-refractivity contribution in [2.24, 2.45) is 0 Å². The van der Waals surface area contributed by atoms with Crippen molar-refractivity contribution >= 4 is 85.3 Å². The number of anilines is 6. The highest BCUT2D eigenvalue weighted by Crippen LogP contribution is 2.39. The standard InChI is InChI=1S/C25H22FN7O2.C24H21FN8O2.C23H20FN7O3/c1-14-11-16-17(29-14)9-10-19(22(16)26)35-24-21(25(34)33(2)3)23(27-13-28-24)30-20-12-18(31-32-20)15-7-5-4-6-8-15;1-13-10-14-15(29-13)7-8-18(21(14)25)35-23-20(24(34)33(2)3)22(27-12-28-23)30-19-11-17(31-32-19)16-6-4-5-9-26-16;1-12-9-13-14(27-12)6-7-17(20(13)24)34-22-19(23(32)31(2)3)21(25-11-26-22)28-18-10-15(29-30-18)16-5-4-8-33-16/h4-13,29H,1-3H3,(H2,27,28,30,31,32);4-12,29H,1-3H3,(H2,27,28,30,31,32);4-11,27H,1-3H3,(H2,25,26,28,29,30). The highest BCUT2D eigenvalue weighted by atomic mass is 19.1. The van der Waals surface area contributed by atoms with E-state index in [1.165, 1.54) is 51.9 Å². The first-order chi connectivity index (χ1) is 50.2. The number of amides is 3. The van der Waals surface area contributed by atoms with Crippen molar-refractivity contribution in [3.63, 3.8) is 0 Å². The minimum atomic E-state index is -0.561. The number of rotatable bonds is 18. The second kappa shape index (κ2) is 29.3. The van der Waals surface area contributed by atoms with Gasteiger partial charge in [0.05, 0.1) is 23.3 Å². The average Bonchev–Trinajstić information content (AvgIpc) is 1.44. The van der Waals surface area contributed by atoms with Gasteiger partial charge in [-0.2, -0.15) is 15.3 Å². The molecule has 104 heavy (non-hydrogen) atoms. The smallest absolute Gasteiger partial charge is 0.262 e. The van der Waals surface area contributed by atoms with Crippen molar-refractivity contribution in [1.29, 1.82) is 0 Å². The zero-order valence-electron chi connectivity index (χ0n) is 56.9. The Morgan fingerprint density at radius 3 is 1.19 bits per heavy atom. The number of carbonyl (C=O) groups excluding carboxylic acids is 3. The van der Waals surface area contributed by atoms with Crippen LogP contribution in [0.25, 0.3) is 66.8 Å². The fourth-order valence-electron chi connectivity index (χ4n) is 10.8. The molecule has 15 aromatic rings. The number of ether oxygens (including phenoxy) is 3. The van der Waals surface area contributed by atoms with Gasteiger partial charge in [-0.1, -0.05) is 36.4 Å². The third-order valence-corrected chi connectivity index (χ3v) is 15.7. The van der Waals surface area contributed by atoms with Gasteiger partial charge >= 0.3 is 0 Å². The molecule has 0 radical (unpaired) electrons. The molecule has 32 heteroatoms. The zero-order chi connectivity index (χ0) is 72.9. The highest BCUT2D eigenvalue weighted by molar-refractivity contribution is 6.03. The normalized spacial score (nSPS) is 11.0. The van der Waals surface area contributed by atoms with Crippen LogP contribution < -0.4 is 30.2 Å². The number of aryl methyl sites for hydroxylation is 3. The number of carbonyl (C=O) groups is 3. The molecule has 3 amide bonds. The summed E-state index contributed by atoms with van der Waals surface area (Å²) in [6.07, 6.45) is 6.92. The fourth-order valence-corrected chi connectivity index (χ4v) is 10.8. The Labute approximate surface area is 588 Å². The summed E-state index contributed by atoms with van der Waals surface area (Å²) in [5.41, 5.74) is 8.25. The van der Waals surface area contributed by atoms with Gasteiger partial charge in [-0.25, -0.2) is 43.1 Å². The second-order valence-electron chi connectivity index (χ2n) is 23.9. The number of benzene rings is 4. The van der Waals surface area contributed by atoms with E-state index in [0.717, 1.165) is 28.3 Å². The number of nitrogens with zero attached hydrogens (tertiary/aromatic N) is 13. The lowest BCUT2D eigenvalue weighted by Crippen LogP contribution is -2.24. The molecule has 0 unspecified atom stereocenters. The van der Waals surface area contributed by atoms with Crippen LogP contribution in [0, 0.1) is 38.2 Å². The lowest BCUT2D eigenvalue weighted by Gasteiger charge is -2.17. The van der Waals surface area contributed by atoms with Gasteiger partial charge in [0.1, 0.15) is 41.4 Å². The summed E-state index contributed by atoms with van der Waals surface area (Å²) in [6, 6.07) is 38.6. The van der Waals surface area contributed by atoms with Crippen LogP contribution in [0.15, 0.2) is 169 Å². The molecule has 0 bridgehead atoms. The summed E-state index contributed by atoms with van der Waals surface area (Å²) in [7, 11) is 9.54. The number of halogens is 3. The molecular weight excluding hydrogens is 1340 g/mol. The maximum atomic E-state index is 15.2. The number of nitrogens with one attached hydrogen (secondary N) is 9. The van der Waals surface area contributed by atoms with E-state index in [2.05, 4.69) is 96.4 Å². The summed E-state index contributed by atoms with van der Waals surface area (Å²) in [5.74, 6) is -1.08. The topological polar surface area (TPSA) is 361 Å². The van der Waals surface area contributed by atoms with Crippen LogP contribution in [-0.2, 0) is 0 Å². The van der Waals surface area contributed by atoms with E-state index in [9.17, 15) is 14.4 Å². The monoisotopic (exact) mass is 1400 g/mol. The Morgan fingerprint density at radius 1 is 0.423 bits per heavy atom. The molecule has 11 heterocycles. The van der Waals surface area contributed by atoms with Crippen LogP contribution in [0.4, 0.5) is 48.1 Å². The van der Waals surface area contributed by atoms with Gasteiger partial charge in [-0.15, -0.1) is 0 Å². The minimum absolute atomic E-state index is 0.0276. The van der Waals surface area contributed by atoms with Gasteiger partial charge in [-0.05, 0) is 105 Å². The van der Waals surface area contributed by atoms with Gasteiger partial charge in [0.25, 0.3) is 17.7 Å². The number of fused-ring (bicyclic) bond motifs is 3. The van der Waals surface area contributed by atoms with E-state index in [0.29, 0.717) is 73.0 Å². The quantitative estimate of drug-likeness (QED) is 0.0385. The van der Waals surface area contributed by atoms with E-state index in [-0.39, 0.29) is 69.0 Å². The lowest BCUT2D eigenvalue weighted by molar-refractivity contribution is 0.0817. The van der Waals surface area contributed by atoms with Gasteiger partial charge in [-0.3, -0.25) is 34.7 Å². The predicted octanol–water partition coefficient (Wildman–Crippen LogP) is 14.1. The molecule has 0 aliphatic rings. The summed E-state index contributed by atoms with van der Waals surface area (Å²) in [4.78, 5) is 81.8. The molecule has 524 valence electrons. The number of H-pyrrole nitrogens is 6. The van der Waals surface area contributed by atoms with Gasteiger partial charge in [0.2, 0.25) is 17.6 Å². The number of pyridine rings is 1. The third-order valence-electron chi connectivity index (χ3n) is 15.7. The molecular formula is C72H63F3N22O7. The van der Waals surface area contributed by atoms with Gasteiger partial charge in [0.15, 0.2) is 75.4 Å². The SMILES string of the molecule is Cc1cc2c(F)c(Oc3ncnc(Nc4cc(-c5ccccc5)[nH]n4)c3C(=O)N(C)C)ccc2[nH]1.Cc1cc2c(F)c(Oc3ncnc(Nc4cc(-c5ccccn5)[nH]n4)c3C(=O)N(C)C)ccc2[nH]1.Cc1cc2c(F)c(Oc3ncnc(Nc4cc(-c5ccco5)[nH]n4)c3C(=O)N(C)C)ccc2[nH]1. The summed E-state index contributed by atoms with van der Waals surface area (Å²) < 4.78 is 68.2. The summed E-state index contributed by atoms with van der Waals surface area (Å²) >= 11 is 0.